The molecular weight excluding hydrogens is 302 g/mol. The standard InChI is InChI=1S/C15H13N3O3S/c1-20-11-5-3-4-9(12(11)21-2)14(19)18-13-10-6-7-22-15(10)17-8-16-13/h3-8H,1-2H3,(H,16,17,18,19). The van der Waals surface area contributed by atoms with E-state index in [0.717, 1.165) is 10.2 Å². The molecule has 1 amide bonds. The second-order valence-electron chi connectivity index (χ2n) is 4.36. The molecule has 0 unspecified atom stereocenters. The predicted octanol–water partition coefficient (Wildman–Crippen LogP) is 2.96. The summed E-state index contributed by atoms with van der Waals surface area (Å²) in [7, 11) is 3.02. The molecule has 3 aromatic rings. The Morgan fingerprint density at radius 1 is 1.18 bits per heavy atom. The largest absolute Gasteiger partial charge is 0.493 e. The van der Waals surface area contributed by atoms with E-state index in [1.54, 1.807) is 18.2 Å². The summed E-state index contributed by atoms with van der Waals surface area (Å²) in [6, 6.07) is 7.01. The number of amides is 1. The third-order valence-electron chi connectivity index (χ3n) is 3.14. The van der Waals surface area contributed by atoms with Crippen molar-refractivity contribution in [2.75, 3.05) is 19.5 Å². The summed E-state index contributed by atoms with van der Waals surface area (Å²) in [6.45, 7) is 0. The molecule has 0 fully saturated rings. The van der Waals surface area contributed by atoms with E-state index in [1.165, 1.54) is 31.9 Å². The Labute approximate surface area is 130 Å². The first kappa shape index (κ1) is 14.3. The summed E-state index contributed by atoms with van der Waals surface area (Å²) in [5.74, 6) is 1.04. The van der Waals surface area contributed by atoms with Gasteiger partial charge in [0.1, 0.15) is 17.0 Å². The maximum Gasteiger partial charge on any atom is 0.260 e. The van der Waals surface area contributed by atoms with Crippen molar-refractivity contribution >= 4 is 33.3 Å². The number of ether oxygens (including phenoxy) is 2. The van der Waals surface area contributed by atoms with Crippen LogP contribution in [0.2, 0.25) is 0 Å². The molecule has 6 nitrogen and oxygen atoms in total. The van der Waals surface area contributed by atoms with Crippen LogP contribution in [0.1, 0.15) is 10.4 Å². The van der Waals surface area contributed by atoms with Crippen molar-refractivity contribution in [2.24, 2.45) is 0 Å². The zero-order valence-corrected chi connectivity index (χ0v) is 12.8. The lowest BCUT2D eigenvalue weighted by Crippen LogP contribution is -2.14. The van der Waals surface area contributed by atoms with Crippen LogP contribution in [0.4, 0.5) is 5.82 Å². The first-order valence-corrected chi connectivity index (χ1v) is 7.33. The molecule has 0 bridgehead atoms. The minimum atomic E-state index is -0.318. The fraction of sp³-hybridized carbons (Fsp3) is 0.133. The molecule has 2 heterocycles. The Morgan fingerprint density at radius 2 is 2.05 bits per heavy atom. The molecule has 112 valence electrons. The van der Waals surface area contributed by atoms with Gasteiger partial charge in [0.2, 0.25) is 0 Å². The Morgan fingerprint density at radius 3 is 2.82 bits per heavy atom. The van der Waals surface area contributed by atoms with Crippen LogP contribution in [0.15, 0.2) is 36.0 Å². The number of para-hydroxylation sites is 1. The second-order valence-corrected chi connectivity index (χ2v) is 5.25. The van der Waals surface area contributed by atoms with E-state index in [9.17, 15) is 4.79 Å². The van der Waals surface area contributed by atoms with Gasteiger partial charge in [0.05, 0.1) is 25.2 Å². The smallest absolute Gasteiger partial charge is 0.260 e. The van der Waals surface area contributed by atoms with Gasteiger partial charge in [-0.05, 0) is 23.6 Å². The Kier molecular flexibility index (Phi) is 3.88. The predicted molar refractivity (Wildman–Crippen MR) is 84.9 cm³/mol. The van der Waals surface area contributed by atoms with Gasteiger partial charge >= 0.3 is 0 Å². The van der Waals surface area contributed by atoms with Crippen LogP contribution in [0.3, 0.4) is 0 Å². The number of hydrogen-bond donors (Lipinski definition) is 1. The minimum Gasteiger partial charge on any atom is -0.493 e. The summed E-state index contributed by atoms with van der Waals surface area (Å²) in [6.07, 6.45) is 1.43. The van der Waals surface area contributed by atoms with E-state index in [-0.39, 0.29) is 5.91 Å². The van der Waals surface area contributed by atoms with Crippen molar-refractivity contribution < 1.29 is 14.3 Å². The van der Waals surface area contributed by atoms with Crippen molar-refractivity contribution in [3.8, 4) is 11.5 Å². The Bertz CT molecular complexity index is 832. The first-order valence-electron chi connectivity index (χ1n) is 6.45. The third-order valence-corrected chi connectivity index (χ3v) is 3.96. The molecule has 3 rings (SSSR count). The number of hydrogen-bond acceptors (Lipinski definition) is 6. The molecule has 0 saturated heterocycles. The summed E-state index contributed by atoms with van der Waals surface area (Å²) in [4.78, 5) is 21.6. The van der Waals surface area contributed by atoms with Crippen LogP contribution in [0.5, 0.6) is 11.5 Å². The van der Waals surface area contributed by atoms with Gasteiger partial charge in [-0.3, -0.25) is 4.79 Å². The third kappa shape index (κ3) is 2.46. The zero-order chi connectivity index (χ0) is 15.5. The number of anilines is 1. The van der Waals surface area contributed by atoms with E-state index >= 15 is 0 Å². The monoisotopic (exact) mass is 315 g/mol. The lowest BCUT2D eigenvalue weighted by Gasteiger charge is -2.12. The van der Waals surface area contributed by atoms with Gasteiger partial charge in [0.25, 0.3) is 5.91 Å². The van der Waals surface area contributed by atoms with Crippen molar-refractivity contribution in [3.05, 3.63) is 41.5 Å². The number of nitrogens with one attached hydrogen (secondary N) is 1. The number of benzene rings is 1. The van der Waals surface area contributed by atoms with Crippen LogP contribution in [-0.4, -0.2) is 30.1 Å². The maximum absolute atomic E-state index is 12.5. The zero-order valence-electron chi connectivity index (χ0n) is 12.0. The molecule has 0 aliphatic carbocycles. The highest BCUT2D eigenvalue weighted by molar-refractivity contribution is 7.16. The van der Waals surface area contributed by atoms with Crippen LogP contribution in [0.25, 0.3) is 10.2 Å². The molecule has 0 radical (unpaired) electrons. The van der Waals surface area contributed by atoms with Crippen LogP contribution in [0, 0.1) is 0 Å². The van der Waals surface area contributed by atoms with Crippen molar-refractivity contribution in [1.29, 1.82) is 0 Å². The van der Waals surface area contributed by atoms with Crippen LogP contribution >= 0.6 is 11.3 Å². The van der Waals surface area contributed by atoms with E-state index in [2.05, 4.69) is 15.3 Å². The fourth-order valence-corrected chi connectivity index (χ4v) is 2.86. The Balaban J connectivity index is 1.97. The first-order chi connectivity index (χ1) is 10.7. The number of fused-ring (bicyclic) bond motifs is 1. The molecule has 22 heavy (non-hydrogen) atoms. The van der Waals surface area contributed by atoms with Crippen molar-refractivity contribution in [2.45, 2.75) is 0 Å². The molecule has 0 spiro atoms. The molecule has 1 N–H and O–H groups in total. The highest BCUT2D eigenvalue weighted by Gasteiger charge is 2.18. The number of aromatic nitrogens is 2. The molecule has 1 aromatic carbocycles. The van der Waals surface area contributed by atoms with Gasteiger partial charge in [-0.2, -0.15) is 0 Å². The number of carbonyl (C=O) groups excluding carboxylic acids is 1. The van der Waals surface area contributed by atoms with Gasteiger partial charge in [0, 0.05) is 0 Å². The molecule has 0 atom stereocenters. The van der Waals surface area contributed by atoms with Crippen molar-refractivity contribution in [1.82, 2.24) is 9.97 Å². The molecule has 0 aliphatic heterocycles. The average molecular weight is 315 g/mol. The highest BCUT2D eigenvalue weighted by Crippen LogP contribution is 2.31. The molecule has 0 aliphatic rings. The number of methoxy groups -OCH3 is 2. The summed E-state index contributed by atoms with van der Waals surface area (Å²) < 4.78 is 10.5. The maximum atomic E-state index is 12.5. The van der Waals surface area contributed by atoms with E-state index in [1.807, 2.05) is 11.4 Å². The highest BCUT2D eigenvalue weighted by atomic mass is 32.1. The van der Waals surface area contributed by atoms with Gasteiger partial charge in [-0.15, -0.1) is 11.3 Å². The average Bonchev–Trinajstić information content (AvgIpc) is 3.03. The molecular formula is C15H13N3O3S. The van der Waals surface area contributed by atoms with E-state index in [0.29, 0.717) is 22.9 Å². The van der Waals surface area contributed by atoms with Gasteiger partial charge in [-0.1, -0.05) is 6.07 Å². The number of thiophene rings is 1. The number of carbonyl (C=O) groups is 1. The molecule has 7 heteroatoms. The lowest BCUT2D eigenvalue weighted by molar-refractivity contribution is 0.102. The topological polar surface area (TPSA) is 73.3 Å². The molecule has 0 saturated carbocycles. The summed E-state index contributed by atoms with van der Waals surface area (Å²) in [5, 5.41) is 5.51. The van der Waals surface area contributed by atoms with E-state index < -0.39 is 0 Å². The quantitative estimate of drug-likeness (QED) is 0.801. The normalized spacial score (nSPS) is 10.5. The van der Waals surface area contributed by atoms with Gasteiger partial charge < -0.3 is 14.8 Å². The van der Waals surface area contributed by atoms with Crippen molar-refractivity contribution in [3.63, 3.8) is 0 Å². The SMILES string of the molecule is COc1cccc(C(=O)Nc2ncnc3sccc23)c1OC. The van der Waals surface area contributed by atoms with Crippen LogP contribution in [-0.2, 0) is 0 Å². The van der Waals surface area contributed by atoms with Crippen LogP contribution < -0.4 is 14.8 Å². The molecule has 2 aromatic heterocycles. The summed E-state index contributed by atoms with van der Waals surface area (Å²) >= 11 is 1.49. The van der Waals surface area contributed by atoms with E-state index in [4.69, 9.17) is 9.47 Å². The number of nitrogens with zero attached hydrogens (tertiary/aromatic N) is 2. The lowest BCUT2D eigenvalue weighted by atomic mass is 10.1. The summed E-state index contributed by atoms with van der Waals surface area (Å²) in [5.41, 5.74) is 0.379. The number of rotatable bonds is 4. The fourth-order valence-electron chi connectivity index (χ4n) is 2.13. The Hall–Kier alpha value is -2.67. The van der Waals surface area contributed by atoms with Gasteiger partial charge in [-0.25, -0.2) is 9.97 Å². The second kappa shape index (κ2) is 5.98. The minimum absolute atomic E-state index is 0.318. The van der Waals surface area contributed by atoms with Gasteiger partial charge in [0.15, 0.2) is 11.5 Å².